The first-order valence-electron chi connectivity index (χ1n) is 22.3. The van der Waals surface area contributed by atoms with Crippen LogP contribution in [0.25, 0.3) is 16.5 Å². The number of aryl methyl sites for hydroxylation is 1. The average Bonchev–Trinajstić information content (AvgIpc) is 3.78. The number of hydrogen-bond donors (Lipinski definition) is 3. The third-order valence-corrected chi connectivity index (χ3v) is 14.7. The molecule has 4 heterocycles. The lowest BCUT2D eigenvalue weighted by atomic mass is 9.83. The van der Waals surface area contributed by atoms with Crippen LogP contribution >= 0.6 is 11.6 Å². The maximum atomic E-state index is 14.0. The number of carbonyl (C=O) groups excluding carboxylic acids is 1. The standard InChI is InChI=1S/C49H57ClN6O6S/c1-34-28-43(9-13-46(34)52-32-35-15-24-60-25-16-35)63(58,59)53-49(57)45-11-7-41(31-48(45)62-42-8-12-47-37(30-42)14-17-51-47)55-20-18-54(19-21-55)33-38-29-40(56-22-26-61-27-23-56)6-10-44(38)36-2-4-39(50)5-3-36/h2-5,7-9,11-14,17,28,30-31,35,40,51-52H,6,10,15-16,18-27,29,32-33H2,1H3,(H,53,57). The normalized spacial score (nSPS) is 19.7. The Balaban J connectivity index is 0.909. The number of allylic oxidation sites excluding steroid dienone is 1. The Bertz CT molecular complexity index is 2540. The predicted molar refractivity (Wildman–Crippen MR) is 250 cm³/mol. The van der Waals surface area contributed by atoms with Crippen molar-refractivity contribution in [3.05, 3.63) is 118 Å². The average molecular weight is 894 g/mol. The minimum absolute atomic E-state index is 0.0146. The summed E-state index contributed by atoms with van der Waals surface area (Å²) in [5, 5.41) is 5.17. The molecular formula is C49H57ClN6O6S. The van der Waals surface area contributed by atoms with Crippen molar-refractivity contribution in [3.8, 4) is 11.5 Å². The van der Waals surface area contributed by atoms with Crippen molar-refractivity contribution in [1.29, 1.82) is 0 Å². The molecule has 4 aromatic carbocycles. The number of anilines is 2. The smallest absolute Gasteiger partial charge is 0.268 e. The number of fused-ring (bicyclic) bond motifs is 1. The molecule has 0 saturated carbocycles. The van der Waals surface area contributed by atoms with Crippen molar-refractivity contribution < 1.29 is 27.4 Å². The molecule has 9 rings (SSSR count). The van der Waals surface area contributed by atoms with Crippen molar-refractivity contribution in [1.82, 2.24) is 19.5 Å². The van der Waals surface area contributed by atoms with Crippen LogP contribution < -0.4 is 19.7 Å². The number of carbonyl (C=O) groups is 1. The highest BCUT2D eigenvalue weighted by molar-refractivity contribution is 7.90. The molecule has 3 N–H and O–H groups in total. The van der Waals surface area contributed by atoms with E-state index in [1.165, 1.54) is 22.8 Å². The van der Waals surface area contributed by atoms with Gasteiger partial charge in [-0.05, 0) is 128 Å². The summed E-state index contributed by atoms with van der Waals surface area (Å²) < 4.78 is 47.4. The van der Waals surface area contributed by atoms with E-state index in [1.807, 2.05) is 61.7 Å². The number of H-pyrrole nitrogens is 1. The summed E-state index contributed by atoms with van der Waals surface area (Å²) >= 11 is 6.30. The first kappa shape index (κ1) is 43.4. The van der Waals surface area contributed by atoms with Crippen molar-refractivity contribution in [2.75, 3.05) is 89.0 Å². The highest BCUT2D eigenvalue weighted by Gasteiger charge is 2.30. The maximum Gasteiger partial charge on any atom is 0.268 e. The molecule has 5 aromatic rings. The fraction of sp³-hybridized carbons (Fsp3) is 0.408. The molecule has 14 heteroatoms. The number of piperazine rings is 1. The van der Waals surface area contributed by atoms with Crippen LogP contribution in [-0.2, 0) is 19.5 Å². The van der Waals surface area contributed by atoms with E-state index in [0.717, 1.165) is 144 Å². The number of amides is 1. The van der Waals surface area contributed by atoms with Crippen LogP contribution in [0, 0.1) is 12.8 Å². The lowest BCUT2D eigenvalue weighted by molar-refractivity contribution is 0.0140. The van der Waals surface area contributed by atoms with Gasteiger partial charge in [-0.15, -0.1) is 0 Å². The van der Waals surface area contributed by atoms with Crippen LogP contribution in [0.15, 0.2) is 102 Å². The molecule has 1 aliphatic carbocycles. The minimum Gasteiger partial charge on any atom is -0.456 e. The zero-order chi connectivity index (χ0) is 43.3. The van der Waals surface area contributed by atoms with Crippen molar-refractivity contribution >= 4 is 55.4 Å². The van der Waals surface area contributed by atoms with Gasteiger partial charge >= 0.3 is 0 Å². The van der Waals surface area contributed by atoms with Gasteiger partial charge in [0.1, 0.15) is 11.5 Å². The number of aromatic nitrogens is 1. The molecule has 3 fully saturated rings. The van der Waals surface area contributed by atoms with Gasteiger partial charge in [-0.25, -0.2) is 13.1 Å². The number of halogens is 1. The van der Waals surface area contributed by atoms with Crippen LogP contribution in [0.2, 0.25) is 5.02 Å². The molecule has 0 bridgehead atoms. The van der Waals surface area contributed by atoms with E-state index >= 15 is 0 Å². The monoisotopic (exact) mass is 892 g/mol. The number of ether oxygens (including phenoxy) is 3. The Morgan fingerprint density at radius 1 is 0.857 bits per heavy atom. The largest absolute Gasteiger partial charge is 0.456 e. The van der Waals surface area contributed by atoms with Crippen molar-refractivity contribution in [3.63, 3.8) is 0 Å². The van der Waals surface area contributed by atoms with Crippen LogP contribution in [0.3, 0.4) is 0 Å². The Morgan fingerprint density at radius 3 is 2.41 bits per heavy atom. The highest BCUT2D eigenvalue weighted by atomic mass is 35.5. The van der Waals surface area contributed by atoms with Crippen LogP contribution in [0.1, 0.15) is 53.6 Å². The SMILES string of the molecule is Cc1cc(S(=O)(=O)NC(=O)c2ccc(N3CCN(CC4=C(c5ccc(Cl)cc5)CCC(N5CCOCC5)C4)CC3)cc2Oc2ccc3[nH]ccc3c2)ccc1NCC1CCOCC1. The minimum atomic E-state index is -4.21. The van der Waals surface area contributed by atoms with Gasteiger partial charge in [-0.1, -0.05) is 29.3 Å². The van der Waals surface area contributed by atoms with Gasteiger partial charge < -0.3 is 29.4 Å². The molecule has 12 nitrogen and oxygen atoms in total. The first-order valence-corrected chi connectivity index (χ1v) is 24.2. The number of nitrogens with one attached hydrogen (secondary N) is 3. The molecule has 3 aliphatic heterocycles. The Morgan fingerprint density at radius 2 is 1.63 bits per heavy atom. The van der Waals surface area contributed by atoms with Gasteiger partial charge in [0.2, 0.25) is 0 Å². The highest BCUT2D eigenvalue weighted by Crippen LogP contribution is 2.37. The number of rotatable bonds is 13. The molecule has 1 amide bonds. The van der Waals surface area contributed by atoms with E-state index in [9.17, 15) is 13.2 Å². The third-order valence-electron chi connectivity index (χ3n) is 13.2. The molecule has 1 aromatic heterocycles. The third kappa shape index (κ3) is 10.4. The maximum absolute atomic E-state index is 14.0. The summed E-state index contributed by atoms with van der Waals surface area (Å²) in [7, 11) is -4.21. The van der Waals surface area contributed by atoms with Gasteiger partial charge in [0, 0.05) is 111 Å². The zero-order valence-electron chi connectivity index (χ0n) is 35.9. The summed E-state index contributed by atoms with van der Waals surface area (Å²) in [6.45, 7) is 12.0. The van der Waals surface area contributed by atoms with Gasteiger partial charge in [-0.3, -0.25) is 14.6 Å². The van der Waals surface area contributed by atoms with Crippen molar-refractivity contribution in [2.45, 2.75) is 50.0 Å². The van der Waals surface area contributed by atoms with Crippen LogP contribution in [0.4, 0.5) is 11.4 Å². The topological polar surface area (TPSA) is 128 Å². The Kier molecular flexibility index (Phi) is 13.4. The molecule has 1 atom stereocenters. The summed E-state index contributed by atoms with van der Waals surface area (Å²) in [6.07, 6.45) is 7.08. The van der Waals surface area contributed by atoms with E-state index in [2.05, 4.69) is 41.9 Å². The number of aromatic amines is 1. The van der Waals surface area contributed by atoms with E-state index in [4.69, 9.17) is 25.8 Å². The van der Waals surface area contributed by atoms with Gasteiger partial charge in [-0.2, -0.15) is 0 Å². The lowest BCUT2D eigenvalue weighted by Crippen LogP contribution is -2.48. The van der Waals surface area contributed by atoms with Gasteiger partial charge in [0.25, 0.3) is 15.9 Å². The second kappa shape index (κ2) is 19.5. The van der Waals surface area contributed by atoms with E-state index in [-0.39, 0.29) is 16.2 Å². The summed E-state index contributed by atoms with van der Waals surface area (Å²) in [5.41, 5.74) is 7.83. The molecule has 332 valence electrons. The number of sulfonamides is 1. The molecule has 63 heavy (non-hydrogen) atoms. The number of benzene rings is 4. The summed E-state index contributed by atoms with van der Waals surface area (Å²) in [5.74, 6) is 0.547. The molecule has 3 saturated heterocycles. The lowest BCUT2D eigenvalue weighted by Gasteiger charge is -2.41. The number of nitrogens with zero attached hydrogens (tertiary/aromatic N) is 3. The first-order chi connectivity index (χ1) is 30.6. The summed E-state index contributed by atoms with van der Waals surface area (Å²) in [4.78, 5) is 24.7. The fourth-order valence-electron chi connectivity index (χ4n) is 9.49. The molecule has 0 spiro atoms. The van der Waals surface area contributed by atoms with Crippen LogP contribution in [-0.4, -0.2) is 114 Å². The quantitative estimate of drug-likeness (QED) is 0.106. The molecule has 1 unspecified atom stereocenters. The van der Waals surface area contributed by atoms with Gasteiger partial charge in [0.05, 0.1) is 23.7 Å². The van der Waals surface area contributed by atoms with Crippen molar-refractivity contribution in [2.24, 2.45) is 5.92 Å². The summed E-state index contributed by atoms with van der Waals surface area (Å²) in [6, 6.07) is 26.7. The molecular weight excluding hydrogens is 836 g/mol. The Labute approximate surface area is 375 Å². The number of hydrogen-bond acceptors (Lipinski definition) is 10. The molecule has 0 radical (unpaired) electrons. The fourth-order valence-corrected chi connectivity index (χ4v) is 10.7. The van der Waals surface area contributed by atoms with E-state index in [0.29, 0.717) is 17.7 Å². The van der Waals surface area contributed by atoms with E-state index in [1.54, 1.807) is 18.2 Å². The van der Waals surface area contributed by atoms with Gasteiger partial charge in [0.15, 0.2) is 0 Å². The Hall–Kier alpha value is -4.89. The van der Waals surface area contributed by atoms with Crippen LogP contribution in [0.5, 0.6) is 11.5 Å². The van der Waals surface area contributed by atoms with E-state index < -0.39 is 15.9 Å². The number of morpholine rings is 1. The zero-order valence-corrected chi connectivity index (χ0v) is 37.5. The second-order valence-corrected chi connectivity index (χ2v) is 19.4. The molecule has 4 aliphatic rings. The predicted octanol–water partition coefficient (Wildman–Crippen LogP) is 8.34. The second-order valence-electron chi connectivity index (χ2n) is 17.3.